The van der Waals surface area contributed by atoms with Crippen molar-refractivity contribution in [1.82, 2.24) is 0 Å². The minimum absolute atomic E-state index is 0.0158. The van der Waals surface area contributed by atoms with Crippen LogP contribution in [0.5, 0.6) is 0 Å². The molecule has 1 aliphatic heterocycles. The molecule has 2 atom stereocenters. The standard InChI is InChI=1S/C11H11NO5/c1-2-16-11(13)10-9(17-10)7-3-5-8(6-4-7)12(14)15/h3-6,9-10H,2H2,1H3/t9-,10-/m0/s1. The minimum Gasteiger partial charge on any atom is -0.464 e. The molecule has 17 heavy (non-hydrogen) atoms. The summed E-state index contributed by atoms with van der Waals surface area (Å²) >= 11 is 0. The fraction of sp³-hybridized carbons (Fsp3) is 0.364. The number of epoxide rings is 1. The number of carbonyl (C=O) groups excluding carboxylic acids is 1. The lowest BCUT2D eigenvalue weighted by atomic mass is 10.1. The van der Waals surface area contributed by atoms with Gasteiger partial charge in [0.05, 0.1) is 11.5 Å². The van der Waals surface area contributed by atoms with Crippen LogP contribution in [-0.4, -0.2) is 23.6 Å². The maximum absolute atomic E-state index is 11.3. The van der Waals surface area contributed by atoms with E-state index in [0.29, 0.717) is 6.61 Å². The van der Waals surface area contributed by atoms with Gasteiger partial charge in [-0.2, -0.15) is 0 Å². The lowest BCUT2D eigenvalue weighted by molar-refractivity contribution is -0.384. The highest BCUT2D eigenvalue weighted by Gasteiger charge is 2.47. The molecule has 0 bridgehead atoms. The zero-order valence-corrected chi connectivity index (χ0v) is 9.16. The van der Waals surface area contributed by atoms with Crippen LogP contribution < -0.4 is 0 Å². The number of nitrogens with zero attached hydrogens (tertiary/aromatic N) is 1. The molecule has 0 unspecified atom stereocenters. The first-order valence-corrected chi connectivity index (χ1v) is 5.20. The molecular formula is C11H11NO5. The number of hydrogen-bond acceptors (Lipinski definition) is 5. The van der Waals surface area contributed by atoms with Crippen LogP contribution >= 0.6 is 0 Å². The number of ether oxygens (including phenoxy) is 2. The van der Waals surface area contributed by atoms with Crippen molar-refractivity contribution in [2.24, 2.45) is 0 Å². The summed E-state index contributed by atoms with van der Waals surface area (Å²) in [5.41, 5.74) is 0.760. The third-order valence-corrected chi connectivity index (χ3v) is 2.44. The molecule has 0 spiro atoms. The molecule has 90 valence electrons. The molecule has 0 aromatic heterocycles. The Morgan fingerprint density at radius 2 is 2.12 bits per heavy atom. The van der Waals surface area contributed by atoms with Gasteiger partial charge < -0.3 is 9.47 Å². The normalized spacial score (nSPS) is 21.9. The van der Waals surface area contributed by atoms with Crippen molar-refractivity contribution in [3.63, 3.8) is 0 Å². The van der Waals surface area contributed by atoms with E-state index in [1.165, 1.54) is 12.1 Å². The summed E-state index contributed by atoms with van der Waals surface area (Å²) in [5.74, 6) is -0.393. The number of esters is 1. The molecule has 0 N–H and O–H groups in total. The van der Waals surface area contributed by atoms with E-state index in [4.69, 9.17) is 9.47 Å². The zero-order chi connectivity index (χ0) is 12.4. The molecule has 1 aromatic carbocycles. The van der Waals surface area contributed by atoms with Crippen LogP contribution in [0.2, 0.25) is 0 Å². The van der Waals surface area contributed by atoms with Gasteiger partial charge in [-0.15, -0.1) is 0 Å². The minimum atomic E-state index is -0.573. The molecule has 6 heteroatoms. The maximum Gasteiger partial charge on any atom is 0.338 e. The molecule has 1 fully saturated rings. The number of nitro benzene ring substituents is 1. The first-order chi connectivity index (χ1) is 8.13. The van der Waals surface area contributed by atoms with E-state index >= 15 is 0 Å². The molecule has 0 radical (unpaired) electrons. The highest BCUT2D eigenvalue weighted by molar-refractivity contribution is 5.78. The van der Waals surface area contributed by atoms with Crippen molar-refractivity contribution in [1.29, 1.82) is 0 Å². The van der Waals surface area contributed by atoms with E-state index in [1.54, 1.807) is 19.1 Å². The Hall–Kier alpha value is -1.95. The van der Waals surface area contributed by atoms with E-state index in [2.05, 4.69) is 0 Å². The van der Waals surface area contributed by atoms with Crippen LogP contribution in [0.4, 0.5) is 5.69 Å². The second-order valence-electron chi connectivity index (χ2n) is 3.58. The number of benzene rings is 1. The fourth-order valence-corrected chi connectivity index (χ4v) is 1.56. The number of hydrogen-bond donors (Lipinski definition) is 0. The van der Waals surface area contributed by atoms with E-state index in [0.717, 1.165) is 5.56 Å². The van der Waals surface area contributed by atoms with Gasteiger partial charge >= 0.3 is 5.97 Å². The van der Waals surface area contributed by atoms with Crippen molar-refractivity contribution in [2.75, 3.05) is 6.61 Å². The second-order valence-corrected chi connectivity index (χ2v) is 3.58. The van der Waals surface area contributed by atoms with E-state index in [1.807, 2.05) is 0 Å². The summed E-state index contributed by atoms with van der Waals surface area (Å²) in [6.45, 7) is 2.03. The SMILES string of the molecule is CCOC(=O)[C@H]1O[C@H]1c1ccc([N+](=O)[O-])cc1. The molecule has 2 rings (SSSR count). The summed E-state index contributed by atoms with van der Waals surface area (Å²) in [6.07, 6.45) is -0.911. The van der Waals surface area contributed by atoms with Crippen molar-refractivity contribution >= 4 is 11.7 Å². The zero-order valence-electron chi connectivity index (χ0n) is 9.16. The Morgan fingerprint density at radius 1 is 1.47 bits per heavy atom. The average molecular weight is 237 g/mol. The molecule has 1 saturated heterocycles. The molecule has 1 aliphatic rings. The predicted molar refractivity (Wildman–Crippen MR) is 57.3 cm³/mol. The third-order valence-electron chi connectivity index (χ3n) is 2.44. The lowest BCUT2D eigenvalue weighted by Crippen LogP contribution is -2.11. The van der Waals surface area contributed by atoms with Gasteiger partial charge in [-0.05, 0) is 24.6 Å². The van der Waals surface area contributed by atoms with Crippen LogP contribution in [0.1, 0.15) is 18.6 Å². The maximum atomic E-state index is 11.3. The van der Waals surface area contributed by atoms with Gasteiger partial charge in [0.2, 0.25) is 0 Å². The topological polar surface area (TPSA) is 82.0 Å². The van der Waals surface area contributed by atoms with Crippen LogP contribution in [0.15, 0.2) is 24.3 Å². The smallest absolute Gasteiger partial charge is 0.338 e. The second kappa shape index (κ2) is 4.50. The summed E-state index contributed by atoms with van der Waals surface area (Å²) in [6, 6.07) is 5.95. The number of nitro groups is 1. The average Bonchev–Trinajstić information content (AvgIpc) is 3.09. The molecule has 0 saturated carbocycles. The quantitative estimate of drug-likeness (QED) is 0.344. The van der Waals surface area contributed by atoms with Crippen LogP contribution in [0, 0.1) is 10.1 Å². The van der Waals surface area contributed by atoms with Gasteiger partial charge in [0.1, 0.15) is 6.10 Å². The lowest BCUT2D eigenvalue weighted by Gasteiger charge is -1.97. The van der Waals surface area contributed by atoms with Gasteiger partial charge in [0.25, 0.3) is 5.69 Å². The van der Waals surface area contributed by atoms with E-state index < -0.39 is 17.0 Å². The number of carbonyl (C=O) groups is 1. The molecular weight excluding hydrogens is 226 g/mol. The monoisotopic (exact) mass is 237 g/mol. The van der Waals surface area contributed by atoms with E-state index in [-0.39, 0.29) is 11.8 Å². The highest BCUT2D eigenvalue weighted by Crippen LogP contribution is 2.39. The number of non-ortho nitro benzene ring substituents is 1. The largest absolute Gasteiger partial charge is 0.464 e. The van der Waals surface area contributed by atoms with Crippen molar-refractivity contribution in [3.8, 4) is 0 Å². The Kier molecular flexibility index (Phi) is 3.06. The van der Waals surface area contributed by atoms with Gasteiger partial charge in [-0.25, -0.2) is 4.79 Å². The van der Waals surface area contributed by atoms with Gasteiger partial charge in [0.15, 0.2) is 6.10 Å². The van der Waals surface area contributed by atoms with Gasteiger partial charge in [-0.1, -0.05) is 0 Å². The van der Waals surface area contributed by atoms with Crippen molar-refractivity contribution in [2.45, 2.75) is 19.1 Å². The van der Waals surface area contributed by atoms with E-state index in [9.17, 15) is 14.9 Å². The Morgan fingerprint density at radius 3 is 2.65 bits per heavy atom. The molecule has 1 heterocycles. The molecule has 1 aromatic rings. The molecule has 0 aliphatic carbocycles. The van der Waals surface area contributed by atoms with Crippen LogP contribution in [0.25, 0.3) is 0 Å². The van der Waals surface area contributed by atoms with Gasteiger partial charge in [0, 0.05) is 12.1 Å². The first-order valence-electron chi connectivity index (χ1n) is 5.20. The Bertz CT molecular complexity index is 442. The highest BCUT2D eigenvalue weighted by atomic mass is 16.6. The predicted octanol–water partition coefficient (Wildman–Crippen LogP) is 1.60. The third kappa shape index (κ3) is 2.42. The molecule has 0 amide bonds. The van der Waals surface area contributed by atoms with Crippen LogP contribution in [-0.2, 0) is 14.3 Å². The summed E-state index contributed by atoms with van der Waals surface area (Å²) in [7, 11) is 0. The summed E-state index contributed by atoms with van der Waals surface area (Å²) in [5, 5.41) is 10.5. The first kappa shape index (κ1) is 11.5. The summed E-state index contributed by atoms with van der Waals surface area (Å²) in [4.78, 5) is 21.3. The van der Waals surface area contributed by atoms with Crippen molar-refractivity contribution < 1.29 is 19.2 Å². The van der Waals surface area contributed by atoms with Gasteiger partial charge in [-0.3, -0.25) is 10.1 Å². The number of rotatable bonds is 4. The van der Waals surface area contributed by atoms with Crippen molar-refractivity contribution in [3.05, 3.63) is 39.9 Å². The fourth-order valence-electron chi connectivity index (χ4n) is 1.56. The van der Waals surface area contributed by atoms with Crippen LogP contribution in [0.3, 0.4) is 0 Å². The summed E-state index contributed by atoms with van der Waals surface area (Å²) < 4.78 is 9.98. The Balaban J connectivity index is 2.01. The Labute approximate surface area is 97.3 Å². The molecule has 6 nitrogen and oxygen atoms in total.